The van der Waals surface area contributed by atoms with Crippen LogP contribution in [-0.4, -0.2) is 31.7 Å². The van der Waals surface area contributed by atoms with Crippen LogP contribution in [0.5, 0.6) is 0 Å². The molecule has 0 bridgehead atoms. The minimum Gasteiger partial charge on any atom is -0.318 e. The number of amides is 1. The molecule has 0 spiro atoms. The second kappa shape index (κ2) is 11.1. The largest absolute Gasteiger partial charge is 0.318 e. The van der Waals surface area contributed by atoms with Crippen molar-refractivity contribution in [3.8, 4) is 5.69 Å². The standard InChI is InChI=1S/C30H32N4O3S/c1-21-11-14-27(15-12-21)34-24(4)18-26(25(34)5)19-31-32-30(35)20-33(29-16-13-22(2)17-23(29)3)38(36,37)28-9-7-6-8-10-28/h6-19H,20H2,1-5H3,(H,32,35)/b31-19+. The minimum absolute atomic E-state index is 0.111. The Morgan fingerprint density at radius 1 is 0.895 bits per heavy atom. The highest BCUT2D eigenvalue weighted by Crippen LogP contribution is 2.27. The number of carbonyl (C=O) groups excluding carboxylic acids is 1. The van der Waals surface area contributed by atoms with E-state index in [0.29, 0.717) is 5.69 Å². The van der Waals surface area contributed by atoms with Crippen LogP contribution in [0, 0.1) is 34.6 Å². The van der Waals surface area contributed by atoms with E-state index in [1.165, 1.54) is 17.7 Å². The van der Waals surface area contributed by atoms with Crippen molar-refractivity contribution in [2.24, 2.45) is 5.10 Å². The van der Waals surface area contributed by atoms with Crippen LogP contribution in [0.25, 0.3) is 5.69 Å². The first kappa shape index (κ1) is 26.9. The number of rotatable bonds is 8. The molecule has 0 unspecified atom stereocenters. The highest BCUT2D eigenvalue weighted by Gasteiger charge is 2.28. The molecule has 4 rings (SSSR count). The molecule has 1 N–H and O–H groups in total. The van der Waals surface area contributed by atoms with Gasteiger partial charge in [0.05, 0.1) is 16.8 Å². The number of aromatic nitrogens is 1. The average molecular weight is 529 g/mol. The molecule has 1 amide bonds. The molecule has 0 fully saturated rings. The summed E-state index contributed by atoms with van der Waals surface area (Å²) >= 11 is 0. The fraction of sp³-hybridized carbons (Fsp3) is 0.200. The summed E-state index contributed by atoms with van der Waals surface area (Å²) in [6.45, 7) is 9.40. The van der Waals surface area contributed by atoms with Crippen molar-refractivity contribution < 1.29 is 13.2 Å². The zero-order valence-electron chi connectivity index (χ0n) is 22.3. The number of aryl methyl sites for hydroxylation is 4. The van der Waals surface area contributed by atoms with Crippen molar-refractivity contribution in [2.45, 2.75) is 39.5 Å². The number of nitrogens with one attached hydrogen (secondary N) is 1. The molecule has 196 valence electrons. The molecule has 0 saturated heterocycles. The third-order valence-electron chi connectivity index (χ3n) is 6.39. The van der Waals surface area contributed by atoms with Gasteiger partial charge in [0.1, 0.15) is 6.54 Å². The molecule has 4 aromatic rings. The summed E-state index contributed by atoms with van der Waals surface area (Å²) in [4.78, 5) is 13.1. The van der Waals surface area contributed by atoms with E-state index in [1.54, 1.807) is 30.5 Å². The number of hydrazone groups is 1. The van der Waals surface area contributed by atoms with Gasteiger partial charge >= 0.3 is 0 Å². The van der Waals surface area contributed by atoms with Crippen LogP contribution >= 0.6 is 0 Å². The van der Waals surface area contributed by atoms with Crippen LogP contribution in [0.4, 0.5) is 5.69 Å². The highest BCUT2D eigenvalue weighted by atomic mass is 32.2. The minimum atomic E-state index is -3.99. The summed E-state index contributed by atoms with van der Waals surface area (Å²) in [5.74, 6) is -0.548. The zero-order valence-corrected chi connectivity index (χ0v) is 23.1. The van der Waals surface area contributed by atoms with Gasteiger partial charge in [-0.25, -0.2) is 13.8 Å². The first-order chi connectivity index (χ1) is 18.1. The number of hydrogen-bond acceptors (Lipinski definition) is 4. The van der Waals surface area contributed by atoms with Gasteiger partial charge in [-0.05, 0) is 76.6 Å². The lowest BCUT2D eigenvalue weighted by Gasteiger charge is -2.25. The fourth-order valence-corrected chi connectivity index (χ4v) is 5.96. The van der Waals surface area contributed by atoms with Gasteiger partial charge in [0, 0.05) is 22.6 Å². The van der Waals surface area contributed by atoms with E-state index >= 15 is 0 Å². The fourth-order valence-electron chi connectivity index (χ4n) is 4.45. The van der Waals surface area contributed by atoms with Crippen molar-refractivity contribution in [1.29, 1.82) is 0 Å². The Morgan fingerprint density at radius 2 is 1.55 bits per heavy atom. The van der Waals surface area contributed by atoms with Crippen molar-refractivity contribution in [1.82, 2.24) is 9.99 Å². The van der Waals surface area contributed by atoms with Gasteiger partial charge in [-0.15, -0.1) is 0 Å². The average Bonchev–Trinajstić information content (AvgIpc) is 3.16. The molecule has 0 atom stereocenters. The number of anilines is 1. The van der Waals surface area contributed by atoms with E-state index in [2.05, 4.69) is 39.4 Å². The lowest BCUT2D eigenvalue weighted by Crippen LogP contribution is -2.40. The SMILES string of the molecule is Cc1ccc(-n2c(C)cc(/C=N/NC(=O)CN(c3ccc(C)cc3C)S(=O)(=O)c3ccccc3)c2C)cc1. The number of benzene rings is 3. The summed E-state index contributed by atoms with van der Waals surface area (Å²) in [6.07, 6.45) is 1.58. The first-order valence-electron chi connectivity index (χ1n) is 12.3. The molecular formula is C30H32N4O3S. The molecule has 1 aromatic heterocycles. The lowest BCUT2D eigenvalue weighted by atomic mass is 10.1. The Balaban J connectivity index is 1.56. The molecule has 8 heteroatoms. The predicted octanol–water partition coefficient (Wildman–Crippen LogP) is 5.37. The van der Waals surface area contributed by atoms with E-state index in [1.807, 2.05) is 52.8 Å². The van der Waals surface area contributed by atoms with Gasteiger partial charge in [0.25, 0.3) is 15.9 Å². The van der Waals surface area contributed by atoms with Gasteiger partial charge in [0.15, 0.2) is 0 Å². The molecule has 0 radical (unpaired) electrons. The molecule has 38 heavy (non-hydrogen) atoms. The van der Waals surface area contributed by atoms with E-state index in [9.17, 15) is 13.2 Å². The molecule has 0 aliphatic rings. The summed E-state index contributed by atoms with van der Waals surface area (Å²) in [5.41, 5.74) is 9.80. The smallest absolute Gasteiger partial charge is 0.264 e. The monoisotopic (exact) mass is 528 g/mol. The predicted molar refractivity (Wildman–Crippen MR) is 153 cm³/mol. The summed E-state index contributed by atoms with van der Waals surface area (Å²) < 4.78 is 30.3. The maximum Gasteiger partial charge on any atom is 0.264 e. The summed E-state index contributed by atoms with van der Waals surface area (Å²) in [5, 5.41) is 4.14. The molecule has 0 aliphatic heterocycles. The zero-order chi connectivity index (χ0) is 27.4. The summed E-state index contributed by atoms with van der Waals surface area (Å²) in [7, 11) is -3.99. The number of hydrogen-bond donors (Lipinski definition) is 1. The normalized spacial score (nSPS) is 11.6. The Morgan fingerprint density at radius 3 is 2.21 bits per heavy atom. The van der Waals surface area contributed by atoms with E-state index < -0.39 is 22.5 Å². The molecule has 3 aromatic carbocycles. The highest BCUT2D eigenvalue weighted by molar-refractivity contribution is 7.92. The Labute approximate surface area is 224 Å². The Kier molecular flexibility index (Phi) is 7.83. The van der Waals surface area contributed by atoms with Crippen LogP contribution in [0.15, 0.2) is 88.9 Å². The number of nitrogens with zero attached hydrogens (tertiary/aromatic N) is 3. The van der Waals surface area contributed by atoms with Gasteiger partial charge in [-0.3, -0.25) is 9.10 Å². The second-order valence-electron chi connectivity index (χ2n) is 9.41. The first-order valence-corrected chi connectivity index (χ1v) is 13.7. The van der Waals surface area contributed by atoms with Crippen LogP contribution in [0.3, 0.4) is 0 Å². The van der Waals surface area contributed by atoms with E-state index in [0.717, 1.165) is 38.1 Å². The van der Waals surface area contributed by atoms with Gasteiger partial charge in [-0.2, -0.15) is 5.10 Å². The van der Waals surface area contributed by atoms with Gasteiger partial charge < -0.3 is 4.57 Å². The topological polar surface area (TPSA) is 83.8 Å². The van der Waals surface area contributed by atoms with Crippen molar-refractivity contribution in [3.63, 3.8) is 0 Å². The molecule has 0 saturated carbocycles. The van der Waals surface area contributed by atoms with Crippen LogP contribution in [-0.2, 0) is 14.8 Å². The van der Waals surface area contributed by atoms with Crippen LogP contribution in [0.1, 0.15) is 33.6 Å². The molecule has 1 heterocycles. The van der Waals surface area contributed by atoms with Gasteiger partial charge in [-0.1, -0.05) is 53.6 Å². The number of carbonyl (C=O) groups is 1. The van der Waals surface area contributed by atoms with E-state index in [4.69, 9.17) is 0 Å². The van der Waals surface area contributed by atoms with Crippen molar-refractivity contribution >= 4 is 27.8 Å². The molecule has 7 nitrogen and oxygen atoms in total. The second-order valence-corrected chi connectivity index (χ2v) is 11.3. The maximum absolute atomic E-state index is 13.5. The van der Waals surface area contributed by atoms with E-state index in [-0.39, 0.29) is 4.90 Å². The Bertz CT molecular complexity index is 1590. The number of sulfonamides is 1. The van der Waals surface area contributed by atoms with Gasteiger partial charge in [0.2, 0.25) is 0 Å². The summed E-state index contributed by atoms with van der Waals surface area (Å²) in [6, 6.07) is 23.8. The third kappa shape index (κ3) is 5.70. The quantitative estimate of drug-likeness (QED) is 0.247. The van der Waals surface area contributed by atoms with Crippen molar-refractivity contribution in [3.05, 3.63) is 113 Å². The molecular weight excluding hydrogens is 496 g/mol. The third-order valence-corrected chi connectivity index (χ3v) is 8.17. The van der Waals surface area contributed by atoms with Crippen LogP contribution in [0.2, 0.25) is 0 Å². The maximum atomic E-state index is 13.5. The Hall–Kier alpha value is -4.17. The van der Waals surface area contributed by atoms with Crippen molar-refractivity contribution in [2.75, 3.05) is 10.8 Å². The molecule has 0 aliphatic carbocycles. The lowest BCUT2D eigenvalue weighted by molar-refractivity contribution is -0.119. The van der Waals surface area contributed by atoms with Crippen LogP contribution < -0.4 is 9.73 Å².